The molecule has 1 aliphatic heterocycles. The average molecular weight is 198 g/mol. The van der Waals surface area contributed by atoms with Crippen LogP contribution in [0.15, 0.2) is 12.1 Å². The number of fused-ring (bicyclic) bond motifs is 1. The van der Waals surface area contributed by atoms with Crippen molar-refractivity contribution in [2.24, 2.45) is 0 Å². The van der Waals surface area contributed by atoms with E-state index in [1.165, 1.54) is 12.1 Å². The maximum absolute atomic E-state index is 11.4. The van der Waals surface area contributed by atoms with Crippen LogP contribution in [0.25, 0.3) is 0 Å². The molecule has 0 saturated heterocycles. The minimum Gasteiger partial charge on any atom is -0.508 e. The molecule has 0 bridgehead atoms. The normalized spacial score (nSPS) is 15.0. The number of nitrogens with one attached hydrogen (secondary N) is 1. The van der Waals surface area contributed by atoms with Crippen LogP contribution in [-0.4, -0.2) is 17.6 Å². The minimum atomic E-state index is -0.206. The van der Waals surface area contributed by atoms with Crippen LogP contribution in [0, 0.1) is 0 Å². The van der Waals surface area contributed by atoms with Crippen LogP contribution in [0.3, 0.4) is 0 Å². The Hall–Kier alpha value is -1.22. The van der Waals surface area contributed by atoms with Gasteiger partial charge >= 0.3 is 0 Å². The summed E-state index contributed by atoms with van der Waals surface area (Å²) in [6.45, 7) is 0.555. The van der Waals surface area contributed by atoms with Crippen molar-refractivity contribution in [3.8, 4) is 5.75 Å². The smallest absolute Gasteiger partial charge is 0.253 e. The van der Waals surface area contributed by atoms with Gasteiger partial charge in [0.15, 0.2) is 0 Å². The fourth-order valence-corrected chi connectivity index (χ4v) is 1.76. The van der Waals surface area contributed by atoms with Gasteiger partial charge in [0, 0.05) is 12.1 Å². The Morgan fingerprint density at radius 3 is 2.92 bits per heavy atom. The molecular weight excluding hydrogens is 190 g/mol. The number of amides is 1. The highest BCUT2D eigenvalue weighted by Crippen LogP contribution is 2.29. The standard InChI is InChI=1S/C9H8ClNO2/c10-6-1-2-7(12)5-3-4-11-9(13)8(5)6/h1-2,12H,3-4H2,(H,11,13). The second-order valence-electron chi connectivity index (χ2n) is 2.93. The van der Waals surface area contributed by atoms with E-state index >= 15 is 0 Å². The van der Waals surface area contributed by atoms with Crippen LogP contribution in [0.5, 0.6) is 5.75 Å². The number of benzene rings is 1. The number of rotatable bonds is 0. The van der Waals surface area contributed by atoms with Crippen LogP contribution < -0.4 is 5.32 Å². The molecule has 2 rings (SSSR count). The van der Waals surface area contributed by atoms with Gasteiger partial charge in [-0.1, -0.05) is 11.6 Å². The van der Waals surface area contributed by atoms with Gasteiger partial charge in [0.1, 0.15) is 5.75 Å². The molecule has 0 unspecified atom stereocenters. The summed E-state index contributed by atoms with van der Waals surface area (Å²) in [6, 6.07) is 3.04. The number of phenolic OH excluding ortho intramolecular Hbond substituents is 1. The van der Waals surface area contributed by atoms with Gasteiger partial charge in [-0.2, -0.15) is 0 Å². The number of phenols is 1. The van der Waals surface area contributed by atoms with Crippen LogP contribution >= 0.6 is 11.6 Å². The first-order valence-electron chi connectivity index (χ1n) is 3.98. The summed E-state index contributed by atoms with van der Waals surface area (Å²) in [5.41, 5.74) is 1.06. The van der Waals surface area contributed by atoms with Gasteiger partial charge in [-0.3, -0.25) is 4.79 Å². The minimum absolute atomic E-state index is 0.147. The van der Waals surface area contributed by atoms with Crippen molar-refractivity contribution in [2.45, 2.75) is 6.42 Å². The molecule has 1 aromatic rings. The van der Waals surface area contributed by atoms with E-state index in [-0.39, 0.29) is 11.7 Å². The van der Waals surface area contributed by atoms with Crippen molar-refractivity contribution in [1.29, 1.82) is 0 Å². The van der Waals surface area contributed by atoms with Gasteiger partial charge in [-0.15, -0.1) is 0 Å². The van der Waals surface area contributed by atoms with Crippen LogP contribution in [0.4, 0.5) is 0 Å². The second-order valence-corrected chi connectivity index (χ2v) is 3.33. The third-order valence-electron chi connectivity index (χ3n) is 2.12. The third-order valence-corrected chi connectivity index (χ3v) is 2.44. The summed E-state index contributed by atoms with van der Waals surface area (Å²) in [5, 5.41) is 12.5. The van der Waals surface area contributed by atoms with E-state index in [0.29, 0.717) is 29.1 Å². The molecule has 0 saturated carbocycles. The maximum atomic E-state index is 11.4. The molecular formula is C9H8ClNO2. The summed E-state index contributed by atoms with van der Waals surface area (Å²) in [5.74, 6) is -0.0589. The molecule has 4 heteroatoms. The number of halogens is 1. The molecule has 0 spiro atoms. The molecule has 0 aromatic heterocycles. The monoisotopic (exact) mass is 197 g/mol. The fraction of sp³-hybridized carbons (Fsp3) is 0.222. The van der Waals surface area contributed by atoms with Crippen molar-refractivity contribution in [1.82, 2.24) is 5.32 Å². The number of carbonyl (C=O) groups excluding carboxylic acids is 1. The molecule has 13 heavy (non-hydrogen) atoms. The summed E-state index contributed by atoms with van der Waals surface area (Å²) >= 11 is 5.84. The van der Waals surface area contributed by atoms with Gasteiger partial charge in [0.25, 0.3) is 5.91 Å². The SMILES string of the molecule is O=C1NCCc2c(O)ccc(Cl)c21. The molecule has 0 fully saturated rings. The third kappa shape index (κ3) is 1.25. The number of hydrogen-bond acceptors (Lipinski definition) is 2. The van der Waals surface area contributed by atoms with E-state index in [1.54, 1.807) is 0 Å². The van der Waals surface area contributed by atoms with Crippen molar-refractivity contribution >= 4 is 17.5 Å². The Labute approximate surface area is 80.3 Å². The lowest BCUT2D eigenvalue weighted by molar-refractivity contribution is 0.0945. The topological polar surface area (TPSA) is 49.3 Å². The lowest BCUT2D eigenvalue weighted by Crippen LogP contribution is -2.32. The first-order chi connectivity index (χ1) is 6.20. The summed E-state index contributed by atoms with van der Waals surface area (Å²) < 4.78 is 0. The van der Waals surface area contributed by atoms with Gasteiger partial charge in [0.05, 0.1) is 10.6 Å². The molecule has 1 aliphatic rings. The van der Waals surface area contributed by atoms with Crippen molar-refractivity contribution in [3.63, 3.8) is 0 Å². The number of carbonyl (C=O) groups is 1. The molecule has 0 radical (unpaired) electrons. The van der Waals surface area contributed by atoms with E-state index in [0.717, 1.165) is 0 Å². The highest BCUT2D eigenvalue weighted by atomic mass is 35.5. The Morgan fingerprint density at radius 1 is 1.46 bits per heavy atom. The first-order valence-corrected chi connectivity index (χ1v) is 4.36. The molecule has 0 aliphatic carbocycles. The highest BCUT2D eigenvalue weighted by Gasteiger charge is 2.22. The zero-order chi connectivity index (χ0) is 9.42. The predicted octanol–water partition coefficient (Wildman–Crippen LogP) is 1.33. The van der Waals surface area contributed by atoms with Crippen LogP contribution in [-0.2, 0) is 6.42 Å². The zero-order valence-corrected chi connectivity index (χ0v) is 7.56. The van der Waals surface area contributed by atoms with E-state index < -0.39 is 0 Å². The molecule has 68 valence electrons. The largest absolute Gasteiger partial charge is 0.508 e. The van der Waals surface area contributed by atoms with Crippen LogP contribution in [0.2, 0.25) is 5.02 Å². The van der Waals surface area contributed by atoms with E-state index in [9.17, 15) is 9.90 Å². The molecule has 3 nitrogen and oxygen atoms in total. The molecule has 0 atom stereocenters. The first kappa shape index (κ1) is 8.38. The molecule has 1 heterocycles. The Balaban J connectivity index is 2.67. The summed E-state index contributed by atoms with van der Waals surface area (Å²) in [4.78, 5) is 11.4. The fourth-order valence-electron chi connectivity index (χ4n) is 1.50. The summed E-state index contributed by atoms with van der Waals surface area (Å²) in [6.07, 6.45) is 0.632. The van der Waals surface area contributed by atoms with Crippen molar-refractivity contribution < 1.29 is 9.90 Å². The van der Waals surface area contributed by atoms with Gasteiger partial charge < -0.3 is 10.4 Å². The number of hydrogen-bond donors (Lipinski definition) is 2. The highest BCUT2D eigenvalue weighted by molar-refractivity contribution is 6.34. The quantitative estimate of drug-likeness (QED) is 0.659. The number of aromatic hydroxyl groups is 1. The van der Waals surface area contributed by atoms with Crippen LogP contribution in [0.1, 0.15) is 15.9 Å². The van der Waals surface area contributed by atoms with Gasteiger partial charge in [0.2, 0.25) is 0 Å². The Morgan fingerprint density at radius 2 is 2.23 bits per heavy atom. The predicted molar refractivity (Wildman–Crippen MR) is 49.2 cm³/mol. The second kappa shape index (κ2) is 2.92. The van der Waals surface area contributed by atoms with E-state index in [4.69, 9.17) is 11.6 Å². The van der Waals surface area contributed by atoms with Crippen molar-refractivity contribution in [3.05, 3.63) is 28.3 Å². The Bertz CT molecular complexity index is 376. The zero-order valence-electron chi connectivity index (χ0n) is 6.80. The molecule has 2 N–H and O–H groups in total. The van der Waals surface area contributed by atoms with Crippen molar-refractivity contribution in [2.75, 3.05) is 6.54 Å². The maximum Gasteiger partial charge on any atom is 0.253 e. The molecule has 1 amide bonds. The lowest BCUT2D eigenvalue weighted by atomic mass is 9.99. The average Bonchev–Trinajstić information content (AvgIpc) is 2.12. The van der Waals surface area contributed by atoms with Gasteiger partial charge in [-0.25, -0.2) is 0 Å². The lowest BCUT2D eigenvalue weighted by Gasteiger charge is -2.18. The van der Waals surface area contributed by atoms with E-state index in [2.05, 4.69) is 5.32 Å². The summed E-state index contributed by atoms with van der Waals surface area (Å²) in [7, 11) is 0. The van der Waals surface area contributed by atoms with Gasteiger partial charge in [-0.05, 0) is 18.6 Å². The van der Waals surface area contributed by atoms with E-state index in [1.807, 2.05) is 0 Å². The Kier molecular flexibility index (Phi) is 1.88. The molecule has 1 aromatic carbocycles.